The minimum absolute atomic E-state index is 0.0210. The smallest absolute Gasteiger partial charge is 0.281 e. The van der Waals surface area contributed by atoms with E-state index < -0.39 is 36.4 Å². The second-order valence-electron chi connectivity index (χ2n) is 8.66. The Morgan fingerprint density at radius 3 is 2.67 bits per heavy atom. The number of halogens is 5. The van der Waals surface area contributed by atoms with Crippen molar-refractivity contribution in [3.8, 4) is 17.0 Å². The summed E-state index contributed by atoms with van der Waals surface area (Å²) in [4.78, 5) is 13.7. The van der Waals surface area contributed by atoms with Crippen LogP contribution in [0.2, 0.25) is 0 Å². The molecule has 0 radical (unpaired) electrons. The van der Waals surface area contributed by atoms with E-state index in [2.05, 4.69) is 25.4 Å². The van der Waals surface area contributed by atoms with Crippen LogP contribution in [0.25, 0.3) is 22.4 Å². The van der Waals surface area contributed by atoms with Gasteiger partial charge in [0.15, 0.2) is 5.82 Å². The lowest BCUT2D eigenvalue weighted by atomic mass is 10.1. The van der Waals surface area contributed by atoms with Gasteiger partial charge in [-0.05, 0) is 0 Å². The van der Waals surface area contributed by atoms with E-state index in [0.29, 0.717) is 13.2 Å². The molecule has 2 saturated heterocycles. The van der Waals surface area contributed by atoms with Crippen LogP contribution >= 0.6 is 0 Å². The van der Waals surface area contributed by atoms with E-state index >= 15 is 4.39 Å². The zero-order valence-corrected chi connectivity index (χ0v) is 18.7. The summed E-state index contributed by atoms with van der Waals surface area (Å²) in [5.74, 6) is -4.07. The van der Waals surface area contributed by atoms with Gasteiger partial charge in [-0.15, -0.1) is 5.10 Å². The molecule has 0 aromatic carbocycles. The maximum Gasteiger partial charge on any atom is 0.281 e. The average Bonchev–Trinajstić information content (AvgIpc) is 3.44. The number of nitrogens with zero attached hydrogens (tertiary/aromatic N) is 7. The van der Waals surface area contributed by atoms with Crippen molar-refractivity contribution in [2.24, 2.45) is 0 Å². The third kappa shape index (κ3) is 3.61. The molecule has 2 fully saturated rings. The molecule has 1 atom stereocenters. The highest BCUT2D eigenvalue weighted by atomic mass is 19.3. The van der Waals surface area contributed by atoms with Crippen molar-refractivity contribution < 1.29 is 31.4 Å². The van der Waals surface area contributed by atoms with Crippen LogP contribution in [0.5, 0.6) is 5.88 Å². The largest absolute Gasteiger partial charge is 0.479 e. The van der Waals surface area contributed by atoms with E-state index in [0.717, 1.165) is 21.3 Å². The Labute approximate surface area is 199 Å². The lowest BCUT2D eigenvalue weighted by molar-refractivity contribution is -0.0711. The summed E-state index contributed by atoms with van der Waals surface area (Å²) in [6.07, 6.45) is 1.75. The van der Waals surface area contributed by atoms with Crippen molar-refractivity contribution in [2.75, 3.05) is 38.7 Å². The molecule has 36 heavy (non-hydrogen) atoms. The molecule has 15 heteroatoms. The highest BCUT2D eigenvalue weighted by molar-refractivity contribution is 5.84. The Balaban J connectivity index is 1.38. The third-order valence-electron chi connectivity index (χ3n) is 6.43. The summed E-state index contributed by atoms with van der Waals surface area (Å²) in [6, 6.07) is -1.34. The van der Waals surface area contributed by atoms with E-state index in [1.807, 2.05) is 0 Å². The molecule has 0 amide bonds. The first-order valence-corrected chi connectivity index (χ1v) is 11.0. The first-order chi connectivity index (χ1) is 17.2. The van der Waals surface area contributed by atoms with Crippen LogP contribution in [0.15, 0.2) is 24.8 Å². The van der Waals surface area contributed by atoms with Gasteiger partial charge in [0.05, 0.1) is 50.9 Å². The van der Waals surface area contributed by atoms with Gasteiger partial charge in [0.25, 0.3) is 12.3 Å². The molecule has 0 bridgehead atoms. The number of hydrogen-bond acceptors (Lipinski definition) is 8. The van der Waals surface area contributed by atoms with Crippen LogP contribution in [0, 0.1) is 5.82 Å². The van der Waals surface area contributed by atoms with Gasteiger partial charge >= 0.3 is 0 Å². The summed E-state index contributed by atoms with van der Waals surface area (Å²) in [5, 5.41) is 6.81. The lowest BCUT2D eigenvalue weighted by Gasteiger charge is -2.34. The first kappa shape index (κ1) is 22.8. The Hall–Kier alpha value is -3.59. The molecule has 6 rings (SSSR count). The van der Waals surface area contributed by atoms with Crippen molar-refractivity contribution in [1.82, 2.24) is 33.9 Å². The maximum atomic E-state index is 15.1. The monoisotopic (exact) mass is 510 g/mol. The van der Waals surface area contributed by atoms with E-state index in [1.54, 1.807) is 4.90 Å². The second kappa shape index (κ2) is 8.23. The zero-order chi connectivity index (χ0) is 25.2. The van der Waals surface area contributed by atoms with Crippen molar-refractivity contribution >= 4 is 17.2 Å². The number of aromatic nitrogens is 6. The molecule has 4 aromatic rings. The molecular formula is C21H19F5N8O2. The van der Waals surface area contributed by atoms with Crippen LogP contribution in [-0.2, 0) is 4.74 Å². The van der Waals surface area contributed by atoms with Gasteiger partial charge < -0.3 is 14.8 Å². The number of rotatable bonds is 6. The van der Waals surface area contributed by atoms with Gasteiger partial charge in [-0.25, -0.2) is 36.4 Å². The molecule has 0 spiro atoms. The molecule has 0 saturated carbocycles. The van der Waals surface area contributed by atoms with Crippen molar-refractivity contribution in [3.63, 3.8) is 0 Å². The summed E-state index contributed by atoms with van der Waals surface area (Å²) in [6.45, 7) is 0.440. The van der Waals surface area contributed by atoms with Gasteiger partial charge in [0, 0.05) is 24.5 Å². The minimum atomic E-state index is -3.05. The number of methoxy groups -OCH3 is 1. The fraction of sp³-hybridized carbons (Fsp3) is 0.429. The Kier molecular flexibility index (Phi) is 5.22. The highest BCUT2D eigenvalue weighted by Gasteiger charge is 2.51. The SMILES string of the molecule is COc1nc(NC2CN(C3COC3)CC2(F)F)nn2cc(F)c(-c3cnc4ncc(C(F)F)n4c3)c12. The second-order valence-corrected chi connectivity index (χ2v) is 8.66. The van der Waals surface area contributed by atoms with Crippen LogP contribution in [0.1, 0.15) is 12.1 Å². The van der Waals surface area contributed by atoms with Gasteiger partial charge in [-0.1, -0.05) is 0 Å². The average molecular weight is 510 g/mol. The van der Waals surface area contributed by atoms with Crippen molar-refractivity contribution in [1.29, 1.82) is 0 Å². The quantitative estimate of drug-likeness (QED) is 0.396. The zero-order valence-electron chi connectivity index (χ0n) is 18.7. The van der Waals surface area contributed by atoms with E-state index in [4.69, 9.17) is 9.47 Å². The van der Waals surface area contributed by atoms with E-state index in [1.165, 1.54) is 19.5 Å². The van der Waals surface area contributed by atoms with E-state index in [-0.39, 0.29) is 46.8 Å². The molecule has 0 aliphatic carbocycles. The number of likely N-dealkylation sites (tertiary alicyclic amines) is 1. The summed E-state index contributed by atoms with van der Waals surface area (Å²) in [7, 11) is 1.29. The fourth-order valence-electron chi connectivity index (χ4n) is 4.51. The number of imidazole rings is 1. The topological polar surface area (TPSA) is 94.1 Å². The normalized spacial score (nSPS) is 20.5. The molecular weight excluding hydrogens is 491 g/mol. The van der Waals surface area contributed by atoms with Gasteiger partial charge in [-0.2, -0.15) is 4.98 Å². The number of ether oxygens (including phenoxy) is 2. The van der Waals surface area contributed by atoms with Crippen LogP contribution < -0.4 is 10.1 Å². The number of nitrogens with one attached hydrogen (secondary N) is 1. The standard InChI is InChI=1S/C21H19F5N8O2/c1-35-18-16-15(10-2-27-20-28-3-13(17(23)24)33(20)4-10)12(22)5-34(16)31-19(30-18)29-14-6-32(9-21(14,25)26)11-7-36-8-11/h2-5,11,14,17H,6-9H2,1H3,(H,29,31). The lowest BCUT2D eigenvalue weighted by Crippen LogP contribution is -2.48. The molecule has 1 unspecified atom stereocenters. The van der Waals surface area contributed by atoms with E-state index in [9.17, 15) is 17.6 Å². The molecule has 190 valence electrons. The van der Waals surface area contributed by atoms with Crippen LogP contribution in [0.3, 0.4) is 0 Å². The molecule has 10 nitrogen and oxygen atoms in total. The highest BCUT2D eigenvalue weighted by Crippen LogP contribution is 2.36. The number of anilines is 1. The predicted molar refractivity (Wildman–Crippen MR) is 115 cm³/mol. The predicted octanol–water partition coefficient (Wildman–Crippen LogP) is 2.65. The number of hydrogen-bond donors (Lipinski definition) is 1. The molecule has 2 aliphatic rings. The molecule has 1 N–H and O–H groups in total. The minimum Gasteiger partial charge on any atom is -0.479 e. The van der Waals surface area contributed by atoms with Crippen LogP contribution in [-0.4, -0.2) is 85.3 Å². The third-order valence-corrected chi connectivity index (χ3v) is 6.43. The number of alkyl halides is 4. The Morgan fingerprint density at radius 2 is 1.97 bits per heavy atom. The van der Waals surface area contributed by atoms with Crippen LogP contribution in [0.4, 0.5) is 27.9 Å². The summed E-state index contributed by atoms with van der Waals surface area (Å²) in [5.41, 5.74) is -0.237. The Bertz CT molecular complexity index is 1450. The molecule has 6 heterocycles. The number of fused-ring (bicyclic) bond motifs is 2. The van der Waals surface area contributed by atoms with Gasteiger partial charge in [-0.3, -0.25) is 9.30 Å². The fourth-order valence-corrected chi connectivity index (χ4v) is 4.51. The van der Waals surface area contributed by atoms with Gasteiger partial charge in [0.2, 0.25) is 17.6 Å². The maximum absolute atomic E-state index is 15.1. The summed E-state index contributed by atoms with van der Waals surface area (Å²) >= 11 is 0. The molecule has 2 aliphatic heterocycles. The van der Waals surface area contributed by atoms with Gasteiger partial charge in [0.1, 0.15) is 17.3 Å². The summed E-state index contributed by atoms with van der Waals surface area (Å²) < 4.78 is 83.8. The first-order valence-electron chi connectivity index (χ1n) is 11.0. The van der Waals surface area contributed by atoms with Crippen molar-refractivity contribution in [2.45, 2.75) is 24.4 Å². The molecule has 4 aromatic heterocycles. The van der Waals surface area contributed by atoms with Crippen molar-refractivity contribution in [3.05, 3.63) is 36.3 Å². The Morgan fingerprint density at radius 1 is 1.19 bits per heavy atom.